The predicted octanol–water partition coefficient (Wildman–Crippen LogP) is 3.08. The molecule has 1 aliphatic heterocycles. The van der Waals surface area contributed by atoms with E-state index in [-0.39, 0.29) is 5.41 Å². The van der Waals surface area contributed by atoms with Crippen LogP contribution < -0.4 is 0 Å². The third kappa shape index (κ3) is 3.84. The molecule has 1 heterocycles. The molecule has 1 rings (SSSR count). The number of rotatable bonds is 3. The summed E-state index contributed by atoms with van der Waals surface area (Å²) in [5.74, 6) is 1.18. The van der Waals surface area contributed by atoms with Crippen molar-refractivity contribution in [2.45, 2.75) is 46.6 Å². The number of ether oxygens (including phenoxy) is 1. The minimum atomic E-state index is 0.0792. The molecular formula is C14H26N2O. The molecule has 1 aliphatic rings. The summed E-state index contributed by atoms with van der Waals surface area (Å²) in [4.78, 5) is 7.05. The lowest BCUT2D eigenvalue weighted by atomic mass is 9.93. The largest absolute Gasteiger partial charge is 0.383 e. The van der Waals surface area contributed by atoms with E-state index in [0.29, 0.717) is 6.04 Å². The lowest BCUT2D eigenvalue weighted by Gasteiger charge is -2.34. The number of aliphatic imine (C=N–C) groups is 1. The highest BCUT2D eigenvalue weighted by atomic mass is 16.5. The van der Waals surface area contributed by atoms with Crippen LogP contribution in [0.5, 0.6) is 0 Å². The van der Waals surface area contributed by atoms with Crippen LogP contribution in [-0.4, -0.2) is 37.0 Å². The van der Waals surface area contributed by atoms with Crippen LogP contribution in [0.2, 0.25) is 0 Å². The van der Waals surface area contributed by atoms with Crippen molar-refractivity contribution in [1.29, 1.82) is 0 Å². The molecular weight excluding hydrogens is 212 g/mol. The van der Waals surface area contributed by atoms with E-state index < -0.39 is 0 Å². The Morgan fingerprint density at radius 3 is 2.71 bits per heavy atom. The summed E-state index contributed by atoms with van der Waals surface area (Å²) < 4.78 is 5.31. The zero-order chi connectivity index (χ0) is 12.9. The summed E-state index contributed by atoms with van der Waals surface area (Å²) in [6, 6.07) is 0.489. The van der Waals surface area contributed by atoms with Crippen LogP contribution in [0.1, 0.15) is 40.5 Å². The quantitative estimate of drug-likeness (QED) is 0.557. The molecule has 0 radical (unpaired) electrons. The van der Waals surface area contributed by atoms with Crippen molar-refractivity contribution in [3.05, 3.63) is 12.3 Å². The Labute approximate surface area is 106 Å². The number of hydrogen-bond acceptors (Lipinski definition) is 2. The molecule has 1 fully saturated rings. The van der Waals surface area contributed by atoms with Crippen molar-refractivity contribution in [2.24, 2.45) is 10.4 Å². The van der Waals surface area contributed by atoms with Gasteiger partial charge in [-0.3, -0.25) is 0 Å². The lowest BCUT2D eigenvalue weighted by molar-refractivity contribution is 0.141. The Bertz CT molecular complexity index is 289. The minimum absolute atomic E-state index is 0.0792. The normalized spacial score (nSPS) is 22.8. The number of likely N-dealkylation sites (tertiary alicyclic amines) is 1. The zero-order valence-corrected chi connectivity index (χ0v) is 11.9. The molecule has 0 spiro atoms. The summed E-state index contributed by atoms with van der Waals surface area (Å²) in [7, 11) is 1.77. The van der Waals surface area contributed by atoms with Gasteiger partial charge in [0, 0.05) is 25.3 Å². The van der Waals surface area contributed by atoms with E-state index in [0.717, 1.165) is 13.2 Å². The maximum absolute atomic E-state index is 5.31. The highest BCUT2D eigenvalue weighted by molar-refractivity contribution is 5.88. The van der Waals surface area contributed by atoms with Crippen LogP contribution in [0.15, 0.2) is 17.3 Å². The third-order valence-electron chi connectivity index (χ3n) is 3.02. The predicted molar refractivity (Wildman–Crippen MR) is 73.3 cm³/mol. The number of allylic oxidation sites excluding steroid dienone is 1. The Balaban J connectivity index is 2.90. The molecule has 0 aromatic heterocycles. The number of hydrogen-bond donors (Lipinski definition) is 0. The molecule has 0 amide bonds. The number of methoxy groups -OCH3 is 1. The maximum Gasteiger partial charge on any atom is 0.110 e. The molecule has 0 N–H and O–H groups in total. The van der Waals surface area contributed by atoms with Gasteiger partial charge in [0.05, 0.1) is 12.6 Å². The average Bonchev–Trinajstić information content (AvgIpc) is 2.66. The fourth-order valence-electron chi connectivity index (χ4n) is 2.32. The number of nitrogens with zero attached hydrogens (tertiary/aromatic N) is 2. The summed E-state index contributed by atoms with van der Waals surface area (Å²) >= 11 is 0. The van der Waals surface area contributed by atoms with E-state index in [9.17, 15) is 0 Å². The first-order valence-corrected chi connectivity index (χ1v) is 6.45. The summed E-state index contributed by atoms with van der Waals surface area (Å²) in [6.45, 7) is 10.6. The van der Waals surface area contributed by atoms with Gasteiger partial charge in [-0.1, -0.05) is 26.8 Å². The molecule has 1 saturated heterocycles. The van der Waals surface area contributed by atoms with Gasteiger partial charge in [-0.25, -0.2) is 4.99 Å². The first-order chi connectivity index (χ1) is 8.00. The topological polar surface area (TPSA) is 24.8 Å². The van der Waals surface area contributed by atoms with Crippen LogP contribution in [0.4, 0.5) is 0 Å². The Kier molecular flexibility index (Phi) is 5.19. The van der Waals surface area contributed by atoms with Gasteiger partial charge in [-0.15, -0.1) is 0 Å². The van der Waals surface area contributed by atoms with E-state index in [1.807, 2.05) is 19.2 Å². The first kappa shape index (κ1) is 14.2. The minimum Gasteiger partial charge on any atom is -0.383 e. The monoisotopic (exact) mass is 238 g/mol. The van der Waals surface area contributed by atoms with Gasteiger partial charge in [-0.05, 0) is 19.8 Å². The van der Waals surface area contributed by atoms with Gasteiger partial charge in [0.15, 0.2) is 0 Å². The SMILES string of the molecule is C/C=C/N=C(N1CCC[C@H]1COC)C(C)(C)C. The van der Waals surface area contributed by atoms with Gasteiger partial charge in [0.2, 0.25) is 0 Å². The Hall–Kier alpha value is -0.830. The molecule has 1 atom stereocenters. The van der Waals surface area contributed by atoms with E-state index in [2.05, 4.69) is 30.7 Å². The molecule has 0 aliphatic carbocycles. The molecule has 3 heteroatoms. The first-order valence-electron chi connectivity index (χ1n) is 6.45. The summed E-state index contributed by atoms with van der Waals surface area (Å²) in [6.07, 6.45) is 6.31. The van der Waals surface area contributed by atoms with Gasteiger partial charge in [0.25, 0.3) is 0 Å². The highest BCUT2D eigenvalue weighted by Gasteiger charge is 2.32. The maximum atomic E-state index is 5.31. The standard InChI is InChI=1S/C14H26N2O/c1-6-9-15-13(14(2,3)4)16-10-7-8-12(16)11-17-5/h6,9,12H,7-8,10-11H2,1-5H3/b9-6+,15-13?/t12-/m0/s1. The molecule has 3 nitrogen and oxygen atoms in total. The fraction of sp³-hybridized carbons (Fsp3) is 0.786. The molecule has 0 aromatic rings. The van der Waals surface area contributed by atoms with Crippen LogP contribution in [-0.2, 0) is 4.74 Å². The van der Waals surface area contributed by atoms with Gasteiger partial charge in [0.1, 0.15) is 5.84 Å². The molecule has 0 saturated carbocycles. The van der Waals surface area contributed by atoms with Crippen LogP contribution in [0.3, 0.4) is 0 Å². The second kappa shape index (κ2) is 6.20. The molecule has 0 aromatic carbocycles. The van der Waals surface area contributed by atoms with E-state index in [1.54, 1.807) is 7.11 Å². The molecule has 0 unspecified atom stereocenters. The lowest BCUT2D eigenvalue weighted by Crippen LogP contribution is -2.44. The average molecular weight is 238 g/mol. The second-order valence-corrected chi connectivity index (χ2v) is 5.63. The van der Waals surface area contributed by atoms with E-state index in [4.69, 9.17) is 4.74 Å². The van der Waals surface area contributed by atoms with Gasteiger partial charge < -0.3 is 9.64 Å². The van der Waals surface area contributed by atoms with Crippen LogP contribution >= 0.6 is 0 Å². The Morgan fingerprint density at radius 1 is 1.47 bits per heavy atom. The van der Waals surface area contributed by atoms with Crippen LogP contribution in [0.25, 0.3) is 0 Å². The smallest absolute Gasteiger partial charge is 0.110 e. The van der Waals surface area contributed by atoms with E-state index >= 15 is 0 Å². The Morgan fingerprint density at radius 2 is 2.18 bits per heavy atom. The van der Waals surface area contributed by atoms with Gasteiger partial charge in [-0.2, -0.15) is 0 Å². The summed E-state index contributed by atoms with van der Waals surface area (Å²) in [5, 5.41) is 0. The van der Waals surface area contributed by atoms with Crippen molar-refractivity contribution in [3.8, 4) is 0 Å². The molecule has 17 heavy (non-hydrogen) atoms. The highest BCUT2D eigenvalue weighted by Crippen LogP contribution is 2.26. The van der Waals surface area contributed by atoms with Crippen molar-refractivity contribution in [1.82, 2.24) is 4.90 Å². The second-order valence-electron chi connectivity index (χ2n) is 5.63. The van der Waals surface area contributed by atoms with E-state index in [1.165, 1.54) is 18.7 Å². The summed E-state index contributed by atoms with van der Waals surface area (Å²) in [5.41, 5.74) is 0.0792. The van der Waals surface area contributed by atoms with Gasteiger partial charge >= 0.3 is 0 Å². The number of amidine groups is 1. The van der Waals surface area contributed by atoms with Crippen molar-refractivity contribution in [3.63, 3.8) is 0 Å². The van der Waals surface area contributed by atoms with Crippen molar-refractivity contribution in [2.75, 3.05) is 20.3 Å². The van der Waals surface area contributed by atoms with Crippen molar-refractivity contribution >= 4 is 5.84 Å². The van der Waals surface area contributed by atoms with Crippen LogP contribution in [0, 0.1) is 5.41 Å². The molecule has 98 valence electrons. The third-order valence-corrected chi connectivity index (χ3v) is 3.02. The fourth-order valence-corrected chi connectivity index (χ4v) is 2.32. The van der Waals surface area contributed by atoms with Crippen molar-refractivity contribution < 1.29 is 4.74 Å². The molecule has 0 bridgehead atoms. The zero-order valence-electron chi connectivity index (χ0n) is 11.9.